The highest BCUT2D eigenvalue weighted by Crippen LogP contribution is 2.22. The average molecular weight is 327 g/mol. The number of rotatable bonds is 6. The van der Waals surface area contributed by atoms with Crippen LogP contribution >= 0.6 is 0 Å². The van der Waals surface area contributed by atoms with E-state index in [1.165, 1.54) is 11.1 Å². The molecular weight excluding hydrogens is 302 g/mol. The molecule has 0 aliphatic carbocycles. The van der Waals surface area contributed by atoms with Gasteiger partial charge in [-0.05, 0) is 31.0 Å². The molecule has 0 spiro atoms. The normalized spacial score (nSPS) is 15.2. The van der Waals surface area contributed by atoms with Crippen LogP contribution in [-0.2, 0) is 4.74 Å². The molecule has 24 heavy (non-hydrogen) atoms. The third-order valence-corrected chi connectivity index (χ3v) is 4.21. The van der Waals surface area contributed by atoms with E-state index in [1.807, 2.05) is 6.07 Å². The first kappa shape index (κ1) is 16.7. The maximum absolute atomic E-state index is 5.36. The van der Waals surface area contributed by atoms with Crippen molar-refractivity contribution in [2.24, 2.45) is 0 Å². The van der Waals surface area contributed by atoms with Crippen LogP contribution in [0.1, 0.15) is 11.1 Å². The van der Waals surface area contributed by atoms with Crippen LogP contribution in [0, 0.1) is 13.8 Å². The number of morpholine rings is 1. The van der Waals surface area contributed by atoms with Gasteiger partial charge < -0.3 is 15.4 Å². The largest absolute Gasteiger partial charge is 0.379 e. The van der Waals surface area contributed by atoms with Crippen LogP contribution in [0.4, 0.5) is 17.5 Å². The molecular formula is C18H25N5O. The fourth-order valence-electron chi connectivity index (χ4n) is 2.81. The van der Waals surface area contributed by atoms with E-state index in [2.05, 4.69) is 57.5 Å². The van der Waals surface area contributed by atoms with Crippen LogP contribution in [-0.4, -0.2) is 54.3 Å². The van der Waals surface area contributed by atoms with E-state index in [1.54, 1.807) is 6.20 Å². The lowest BCUT2D eigenvalue weighted by atomic mass is 10.1. The number of nitrogens with zero attached hydrogens (tertiary/aromatic N) is 3. The molecule has 1 saturated heterocycles. The van der Waals surface area contributed by atoms with Gasteiger partial charge in [0.05, 0.1) is 13.2 Å². The van der Waals surface area contributed by atoms with Crippen LogP contribution in [0.15, 0.2) is 30.5 Å². The minimum atomic E-state index is 0.615. The zero-order chi connectivity index (χ0) is 16.8. The molecule has 1 aromatic heterocycles. The van der Waals surface area contributed by atoms with Crippen molar-refractivity contribution in [1.82, 2.24) is 14.9 Å². The average Bonchev–Trinajstić information content (AvgIpc) is 2.60. The quantitative estimate of drug-likeness (QED) is 0.850. The molecule has 1 aliphatic rings. The maximum atomic E-state index is 5.36. The molecule has 6 nitrogen and oxygen atoms in total. The standard InChI is InChI=1S/C18H25N5O/c1-14-4-3-5-15(2)17(14)22-18-20-7-6-16(21-18)19-8-9-23-10-12-24-13-11-23/h3-7H,8-13H2,1-2H3,(H2,19,20,21,22). The first-order chi connectivity index (χ1) is 11.7. The van der Waals surface area contributed by atoms with Gasteiger partial charge in [0.1, 0.15) is 5.82 Å². The maximum Gasteiger partial charge on any atom is 0.229 e. The molecule has 2 heterocycles. The Hall–Kier alpha value is -2.18. The summed E-state index contributed by atoms with van der Waals surface area (Å²) in [4.78, 5) is 11.3. The van der Waals surface area contributed by atoms with Crippen molar-refractivity contribution in [1.29, 1.82) is 0 Å². The Balaban J connectivity index is 1.57. The number of anilines is 3. The molecule has 0 radical (unpaired) electrons. The third kappa shape index (κ3) is 4.43. The topological polar surface area (TPSA) is 62.3 Å². The van der Waals surface area contributed by atoms with Crippen molar-refractivity contribution in [2.75, 3.05) is 50.0 Å². The molecule has 3 rings (SSSR count). The summed E-state index contributed by atoms with van der Waals surface area (Å²) in [7, 11) is 0. The van der Waals surface area contributed by atoms with Crippen LogP contribution in [0.3, 0.4) is 0 Å². The highest BCUT2D eigenvalue weighted by Gasteiger charge is 2.09. The van der Waals surface area contributed by atoms with Gasteiger partial charge in [0.25, 0.3) is 0 Å². The molecule has 0 amide bonds. The van der Waals surface area contributed by atoms with Crippen molar-refractivity contribution in [2.45, 2.75) is 13.8 Å². The van der Waals surface area contributed by atoms with Gasteiger partial charge in [-0.15, -0.1) is 0 Å². The summed E-state index contributed by atoms with van der Waals surface area (Å²) < 4.78 is 5.36. The monoisotopic (exact) mass is 327 g/mol. The lowest BCUT2D eigenvalue weighted by Crippen LogP contribution is -2.39. The fraction of sp³-hybridized carbons (Fsp3) is 0.444. The van der Waals surface area contributed by atoms with Gasteiger partial charge in [-0.2, -0.15) is 4.98 Å². The molecule has 0 unspecified atom stereocenters. The van der Waals surface area contributed by atoms with E-state index >= 15 is 0 Å². The van der Waals surface area contributed by atoms with Gasteiger partial charge >= 0.3 is 0 Å². The Morgan fingerprint density at radius 1 is 1.12 bits per heavy atom. The minimum Gasteiger partial charge on any atom is -0.379 e. The van der Waals surface area contributed by atoms with Gasteiger partial charge in [-0.1, -0.05) is 18.2 Å². The van der Waals surface area contributed by atoms with E-state index in [9.17, 15) is 0 Å². The summed E-state index contributed by atoms with van der Waals surface area (Å²) in [5.41, 5.74) is 3.44. The summed E-state index contributed by atoms with van der Waals surface area (Å²) in [5.74, 6) is 1.45. The fourth-order valence-corrected chi connectivity index (χ4v) is 2.81. The minimum absolute atomic E-state index is 0.615. The SMILES string of the molecule is Cc1cccc(C)c1Nc1nccc(NCCN2CCOCC2)n1. The van der Waals surface area contributed by atoms with Gasteiger partial charge in [-0.25, -0.2) is 4.98 Å². The Labute approximate surface area is 143 Å². The van der Waals surface area contributed by atoms with E-state index < -0.39 is 0 Å². The van der Waals surface area contributed by atoms with Crippen LogP contribution < -0.4 is 10.6 Å². The van der Waals surface area contributed by atoms with Crippen molar-refractivity contribution in [3.8, 4) is 0 Å². The van der Waals surface area contributed by atoms with Crippen LogP contribution in [0.25, 0.3) is 0 Å². The molecule has 1 aromatic carbocycles. The first-order valence-corrected chi connectivity index (χ1v) is 8.42. The summed E-state index contributed by atoms with van der Waals surface area (Å²) in [5, 5.41) is 6.71. The van der Waals surface area contributed by atoms with E-state index in [0.717, 1.165) is 50.9 Å². The predicted molar refractivity (Wildman–Crippen MR) is 97.0 cm³/mol. The van der Waals surface area contributed by atoms with Crippen molar-refractivity contribution >= 4 is 17.5 Å². The second-order valence-electron chi connectivity index (χ2n) is 6.04. The second-order valence-corrected chi connectivity index (χ2v) is 6.04. The second kappa shape index (κ2) is 8.08. The van der Waals surface area contributed by atoms with E-state index in [4.69, 9.17) is 4.74 Å². The lowest BCUT2D eigenvalue weighted by Gasteiger charge is -2.26. The number of ether oxygens (including phenoxy) is 1. The first-order valence-electron chi connectivity index (χ1n) is 8.42. The molecule has 1 fully saturated rings. The van der Waals surface area contributed by atoms with Gasteiger partial charge in [0.15, 0.2) is 0 Å². The molecule has 2 aromatic rings. The van der Waals surface area contributed by atoms with Crippen LogP contribution in [0.5, 0.6) is 0 Å². The highest BCUT2D eigenvalue weighted by molar-refractivity contribution is 5.63. The van der Waals surface area contributed by atoms with Gasteiger partial charge in [-0.3, -0.25) is 4.90 Å². The predicted octanol–water partition coefficient (Wildman–Crippen LogP) is 2.58. The van der Waals surface area contributed by atoms with Crippen LogP contribution in [0.2, 0.25) is 0 Å². The Morgan fingerprint density at radius 2 is 1.88 bits per heavy atom. The zero-order valence-electron chi connectivity index (χ0n) is 14.4. The molecule has 6 heteroatoms. The Bertz CT molecular complexity index is 650. The molecule has 2 N–H and O–H groups in total. The molecule has 0 bridgehead atoms. The summed E-state index contributed by atoms with van der Waals surface area (Å²) in [6.07, 6.45) is 1.78. The molecule has 0 saturated carbocycles. The number of hydrogen-bond acceptors (Lipinski definition) is 6. The summed E-state index contributed by atoms with van der Waals surface area (Å²) in [6.45, 7) is 9.69. The number of benzene rings is 1. The number of aryl methyl sites for hydroxylation is 2. The highest BCUT2D eigenvalue weighted by atomic mass is 16.5. The molecule has 0 atom stereocenters. The Kier molecular flexibility index (Phi) is 5.61. The summed E-state index contributed by atoms with van der Waals surface area (Å²) >= 11 is 0. The molecule has 1 aliphatic heterocycles. The lowest BCUT2D eigenvalue weighted by molar-refractivity contribution is 0.0398. The van der Waals surface area contributed by atoms with Gasteiger partial charge in [0.2, 0.25) is 5.95 Å². The number of nitrogens with one attached hydrogen (secondary N) is 2. The van der Waals surface area contributed by atoms with Crippen molar-refractivity contribution in [3.63, 3.8) is 0 Å². The van der Waals surface area contributed by atoms with E-state index in [0.29, 0.717) is 5.95 Å². The third-order valence-electron chi connectivity index (χ3n) is 4.21. The summed E-state index contributed by atoms with van der Waals surface area (Å²) in [6, 6.07) is 8.12. The Morgan fingerprint density at radius 3 is 2.62 bits per heavy atom. The number of para-hydroxylation sites is 1. The van der Waals surface area contributed by atoms with Crippen molar-refractivity contribution in [3.05, 3.63) is 41.6 Å². The smallest absolute Gasteiger partial charge is 0.229 e. The molecule has 128 valence electrons. The number of hydrogen-bond donors (Lipinski definition) is 2. The van der Waals surface area contributed by atoms with E-state index in [-0.39, 0.29) is 0 Å². The number of aromatic nitrogens is 2. The zero-order valence-corrected chi connectivity index (χ0v) is 14.4. The van der Waals surface area contributed by atoms with Crippen molar-refractivity contribution < 1.29 is 4.74 Å². The van der Waals surface area contributed by atoms with Gasteiger partial charge in [0, 0.05) is 38.1 Å².